The summed E-state index contributed by atoms with van der Waals surface area (Å²) in [6.07, 6.45) is 4.40. The lowest BCUT2D eigenvalue weighted by atomic mass is 10.2. The third-order valence-corrected chi connectivity index (χ3v) is 0.980. The molecule has 0 aliphatic rings. The van der Waals surface area contributed by atoms with Crippen LogP contribution in [0.1, 0.15) is 13.3 Å². The fourth-order valence-corrected chi connectivity index (χ4v) is 0.423. The first kappa shape index (κ1) is 8.82. The highest BCUT2D eigenvalue weighted by Crippen LogP contribution is 1.85. The summed E-state index contributed by atoms with van der Waals surface area (Å²) in [5.41, 5.74) is 0. The number of Topliss-reactive ketones (excluding diaryl/α,β-unsaturated/α-hetero) is 1. The number of ketones is 2. The lowest BCUT2D eigenvalue weighted by Gasteiger charge is -1.85. The molecule has 0 aromatic heterocycles. The Morgan fingerprint density at radius 3 is 2.50 bits per heavy atom. The van der Waals surface area contributed by atoms with Crippen LogP contribution < -0.4 is 0 Å². The van der Waals surface area contributed by atoms with Crippen molar-refractivity contribution in [3.8, 4) is 0 Å². The van der Waals surface area contributed by atoms with Crippen LogP contribution in [0, 0.1) is 0 Å². The molecule has 2 heteroatoms. The molecule has 0 radical (unpaired) electrons. The Morgan fingerprint density at radius 2 is 2.10 bits per heavy atom. The van der Waals surface area contributed by atoms with E-state index in [9.17, 15) is 9.59 Å². The molecule has 0 aromatic rings. The van der Waals surface area contributed by atoms with Crippen LogP contribution in [0.25, 0.3) is 0 Å². The third kappa shape index (κ3) is 2.97. The SMILES string of the molecule is C=CC=CC(=O)C(=O)CC. The van der Waals surface area contributed by atoms with E-state index in [0.29, 0.717) is 0 Å². The molecule has 0 aliphatic heterocycles. The summed E-state index contributed by atoms with van der Waals surface area (Å²) in [6.45, 7) is 5.02. The van der Waals surface area contributed by atoms with E-state index < -0.39 is 5.78 Å². The minimum Gasteiger partial charge on any atom is -0.291 e. The van der Waals surface area contributed by atoms with Crippen molar-refractivity contribution >= 4 is 11.6 Å². The molecule has 0 aliphatic carbocycles. The molecule has 0 aromatic carbocycles. The van der Waals surface area contributed by atoms with E-state index in [1.54, 1.807) is 6.92 Å². The topological polar surface area (TPSA) is 34.1 Å². The van der Waals surface area contributed by atoms with E-state index in [1.807, 2.05) is 0 Å². The first-order valence-electron chi connectivity index (χ1n) is 3.08. The Hall–Kier alpha value is -1.18. The first-order chi connectivity index (χ1) is 4.72. The highest BCUT2D eigenvalue weighted by Gasteiger charge is 2.04. The Morgan fingerprint density at radius 1 is 1.50 bits per heavy atom. The summed E-state index contributed by atoms with van der Waals surface area (Å²) >= 11 is 0. The number of allylic oxidation sites excluding steroid dienone is 3. The van der Waals surface area contributed by atoms with Crippen LogP contribution in [0.15, 0.2) is 24.8 Å². The van der Waals surface area contributed by atoms with E-state index in [-0.39, 0.29) is 12.2 Å². The average molecular weight is 138 g/mol. The van der Waals surface area contributed by atoms with E-state index in [0.717, 1.165) is 0 Å². The molecule has 10 heavy (non-hydrogen) atoms. The predicted molar refractivity (Wildman–Crippen MR) is 39.6 cm³/mol. The normalized spacial score (nSPS) is 9.70. The van der Waals surface area contributed by atoms with Gasteiger partial charge in [-0.05, 0) is 6.08 Å². The molecule has 0 bridgehead atoms. The second kappa shape index (κ2) is 4.68. The Kier molecular flexibility index (Phi) is 4.12. The standard InChI is InChI=1S/C8H10O2/c1-3-5-6-8(10)7(9)4-2/h3,5-6H,1,4H2,2H3. The van der Waals surface area contributed by atoms with Crippen LogP contribution in [-0.2, 0) is 9.59 Å². The fraction of sp³-hybridized carbons (Fsp3) is 0.250. The van der Waals surface area contributed by atoms with Crippen LogP contribution in [-0.4, -0.2) is 11.6 Å². The molecular formula is C8H10O2. The number of hydrogen-bond acceptors (Lipinski definition) is 2. The smallest absolute Gasteiger partial charge is 0.221 e. The zero-order valence-electron chi connectivity index (χ0n) is 5.96. The number of carbonyl (C=O) groups is 2. The van der Waals surface area contributed by atoms with Crippen molar-refractivity contribution in [1.82, 2.24) is 0 Å². The van der Waals surface area contributed by atoms with E-state index in [1.165, 1.54) is 18.2 Å². The summed E-state index contributed by atoms with van der Waals surface area (Å²) in [7, 11) is 0. The molecule has 0 unspecified atom stereocenters. The van der Waals surface area contributed by atoms with Gasteiger partial charge in [0.15, 0.2) is 0 Å². The molecule has 2 nitrogen and oxygen atoms in total. The van der Waals surface area contributed by atoms with Gasteiger partial charge in [-0.15, -0.1) is 0 Å². The fourth-order valence-electron chi connectivity index (χ4n) is 0.423. The van der Waals surface area contributed by atoms with Gasteiger partial charge in [-0.1, -0.05) is 25.7 Å². The van der Waals surface area contributed by atoms with E-state index >= 15 is 0 Å². The average Bonchev–Trinajstić information content (AvgIpc) is 1.98. The number of rotatable bonds is 4. The van der Waals surface area contributed by atoms with Crippen LogP contribution >= 0.6 is 0 Å². The Bertz CT molecular complexity index is 178. The zero-order chi connectivity index (χ0) is 7.98. The molecule has 0 fully saturated rings. The van der Waals surface area contributed by atoms with E-state index in [2.05, 4.69) is 6.58 Å². The van der Waals surface area contributed by atoms with Gasteiger partial charge in [0, 0.05) is 6.42 Å². The molecule has 0 amide bonds. The highest BCUT2D eigenvalue weighted by molar-refractivity contribution is 6.41. The van der Waals surface area contributed by atoms with Crippen molar-refractivity contribution in [3.63, 3.8) is 0 Å². The maximum atomic E-state index is 10.6. The van der Waals surface area contributed by atoms with Gasteiger partial charge < -0.3 is 0 Å². The van der Waals surface area contributed by atoms with Gasteiger partial charge in [0.25, 0.3) is 0 Å². The van der Waals surface area contributed by atoms with Crippen molar-refractivity contribution in [2.24, 2.45) is 0 Å². The number of hydrogen-bond donors (Lipinski definition) is 0. The van der Waals surface area contributed by atoms with Gasteiger partial charge in [0.05, 0.1) is 0 Å². The first-order valence-corrected chi connectivity index (χ1v) is 3.08. The minimum atomic E-state index is -0.456. The van der Waals surface area contributed by atoms with Crippen molar-refractivity contribution in [2.45, 2.75) is 13.3 Å². The predicted octanol–water partition coefficient (Wildman–Crippen LogP) is 1.28. The van der Waals surface area contributed by atoms with Crippen LogP contribution in [0.2, 0.25) is 0 Å². The zero-order valence-corrected chi connectivity index (χ0v) is 5.96. The molecule has 0 saturated heterocycles. The molecule has 0 spiro atoms. The van der Waals surface area contributed by atoms with Crippen molar-refractivity contribution in [1.29, 1.82) is 0 Å². The quantitative estimate of drug-likeness (QED) is 0.333. The summed E-state index contributed by atoms with van der Waals surface area (Å²) in [4.78, 5) is 21.2. The van der Waals surface area contributed by atoms with Crippen LogP contribution in [0.3, 0.4) is 0 Å². The van der Waals surface area contributed by atoms with Crippen LogP contribution in [0.4, 0.5) is 0 Å². The second-order valence-corrected chi connectivity index (χ2v) is 1.74. The van der Waals surface area contributed by atoms with Crippen molar-refractivity contribution < 1.29 is 9.59 Å². The number of carbonyl (C=O) groups excluding carboxylic acids is 2. The Balaban J connectivity index is 3.97. The molecule has 0 atom stereocenters. The lowest BCUT2D eigenvalue weighted by molar-refractivity contribution is -0.133. The summed E-state index contributed by atoms with van der Waals surface area (Å²) in [5, 5.41) is 0. The van der Waals surface area contributed by atoms with Gasteiger partial charge in [0.1, 0.15) is 0 Å². The second-order valence-electron chi connectivity index (χ2n) is 1.74. The van der Waals surface area contributed by atoms with Gasteiger partial charge in [-0.25, -0.2) is 0 Å². The summed E-state index contributed by atoms with van der Waals surface area (Å²) in [5.74, 6) is -0.819. The lowest BCUT2D eigenvalue weighted by Crippen LogP contribution is -2.08. The minimum absolute atomic E-state index is 0.264. The van der Waals surface area contributed by atoms with Gasteiger partial charge >= 0.3 is 0 Å². The summed E-state index contributed by atoms with van der Waals surface area (Å²) in [6, 6.07) is 0. The maximum absolute atomic E-state index is 10.6. The molecule has 54 valence electrons. The van der Waals surface area contributed by atoms with Gasteiger partial charge in [-0.3, -0.25) is 9.59 Å². The van der Waals surface area contributed by atoms with Gasteiger partial charge in [0.2, 0.25) is 11.6 Å². The molecule has 0 saturated carbocycles. The maximum Gasteiger partial charge on any atom is 0.221 e. The van der Waals surface area contributed by atoms with Gasteiger partial charge in [-0.2, -0.15) is 0 Å². The van der Waals surface area contributed by atoms with E-state index in [4.69, 9.17) is 0 Å². The van der Waals surface area contributed by atoms with Crippen molar-refractivity contribution in [2.75, 3.05) is 0 Å². The molecule has 0 rings (SSSR count). The molecule has 0 N–H and O–H groups in total. The summed E-state index contributed by atoms with van der Waals surface area (Å²) < 4.78 is 0. The molecule has 0 heterocycles. The largest absolute Gasteiger partial charge is 0.291 e. The highest BCUT2D eigenvalue weighted by atomic mass is 16.2. The van der Waals surface area contributed by atoms with Crippen LogP contribution in [0.5, 0.6) is 0 Å². The molecular weight excluding hydrogens is 128 g/mol. The van der Waals surface area contributed by atoms with Crippen molar-refractivity contribution in [3.05, 3.63) is 24.8 Å². The third-order valence-electron chi connectivity index (χ3n) is 0.980. The monoisotopic (exact) mass is 138 g/mol. The Labute approximate surface area is 60.2 Å².